The van der Waals surface area contributed by atoms with Crippen LogP contribution in [0.3, 0.4) is 0 Å². The molecule has 0 spiro atoms. The molecule has 0 aliphatic carbocycles. The van der Waals surface area contributed by atoms with Gasteiger partial charge in [0.1, 0.15) is 17.9 Å². The van der Waals surface area contributed by atoms with Gasteiger partial charge < -0.3 is 20.8 Å². The number of hydrogen-bond donors (Lipinski definition) is 3. The van der Waals surface area contributed by atoms with E-state index < -0.39 is 5.92 Å². The monoisotopic (exact) mass is 274 g/mol. The normalized spacial score (nSPS) is 12.9. The quantitative estimate of drug-likeness (QED) is 0.323. The number of hydrogen-bond acceptors (Lipinski definition) is 5. The van der Waals surface area contributed by atoms with E-state index in [1.807, 2.05) is 6.07 Å². The number of oxime groups is 1. The lowest BCUT2D eigenvalue weighted by Gasteiger charge is -2.15. The first kappa shape index (κ1) is 13.6. The zero-order chi connectivity index (χ0) is 14.4. The van der Waals surface area contributed by atoms with Crippen LogP contribution in [0.2, 0.25) is 0 Å². The van der Waals surface area contributed by atoms with Crippen LogP contribution in [-0.2, 0) is 11.3 Å². The number of amides is 1. The number of nitrogens with zero attached hydrogens (tertiary/aromatic N) is 2. The average Bonchev–Trinajstić information content (AvgIpc) is 2.99. The Morgan fingerprint density at radius 1 is 1.40 bits per heavy atom. The Labute approximate surface area is 115 Å². The number of benzene rings is 1. The molecule has 1 atom stereocenters. The Balaban J connectivity index is 2.13. The molecule has 0 fully saturated rings. The fourth-order valence-corrected chi connectivity index (χ4v) is 1.77. The Kier molecular flexibility index (Phi) is 4.33. The molecule has 1 aromatic heterocycles. The minimum absolute atomic E-state index is 0.172. The molecule has 0 bridgehead atoms. The highest BCUT2D eigenvalue weighted by Gasteiger charge is 2.25. The van der Waals surface area contributed by atoms with Crippen molar-refractivity contribution in [3.63, 3.8) is 0 Å². The number of amidine groups is 1. The van der Waals surface area contributed by atoms with Crippen molar-refractivity contribution < 1.29 is 14.5 Å². The Hall–Kier alpha value is -2.83. The molecule has 2 aromatic rings. The molecule has 4 N–H and O–H groups in total. The third kappa shape index (κ3) is 3.14. The van der Waals surface area contributed by atoms with Crippen LogP contribution in [0.25, 0.3) is 0 Å². The number of nitrogens with one attached hydrogen (secondary N) is 1. The van der Waals surface area contributed by atoms with Gasteiger partial charge in [-0.3, -0.25) is 4.79 Å². The number of nitrogens with two attached hydrogens (primary N) is 1. The number of carbonyl (C=O) groups is 1. The summed E-state index contributed by atoms with van der Waals surface area (Å²) in [7, 11) is 0. The number of carbonyl (C=O) groups excluding carboxylic acids is 1. The van der Waals surface area contributed by atoms with Crippen LogP contribution in [0.4, 0.5) is 0 Å². The zero-order valence-corrected chi connectivity index (χ0v) is 10.6. The van der Waals surface area contributed by atoms with Gasteiger partial charge in [-0.1, -0.05) is 40.6 Å². The summed E-state index contributed by atoms with van der Waals surface area (Å²) < 4.78 is 4.67. The van der Waals surface area contributed by atoms with Gasteiger partial charge in [-0.15, -0.1) is 0 Å². The van der Waals surface area contributed by atoms with Crippen molar-refractivity contribution in [1.29, 1.82) is 0 Å². The van der Waals surface area contributed by atoms with Crippen molar-refractivity contribution >= 4 is 11.7 Å². The molecule has 1 aromatic carbocycles. The van der Waals surface area contributed by atoms with Crippen LogP contribution >= 0.6 is 0 Å². The maximum Gasteiger partial charge on any atom is 0.235 e. The van der Waals surface area contributed by atoms with Crippen LogP contribution < -0.4 is 11.1 Å². The molecule has 0 saturated carbocycles. The second kappa shape index (κ2) is 6.37. The van der Waals surface area contributed by atoms with Gasteiger partial charge in [0.05, 0.1) is 6.54 Å². The Bertz CT molecular complexity index is 581. The van der Waals surface area contributed by atoms with Crippen molar-refractivity contribution in [2.24, 2.45) is 10.9 Å². The van der Waals surface area contributed by atoms with Gasteiger partial charge in [-0.05, 0) is 5.56 Å². The summed E-state index contributed by atoms with van der Waals surface area (Å²) in [5, 5.41) is 18.1. The van der Waals surface area contributed by atoms with Gasteiger partial charge in [0.15, 0.2) is 5.84 Å². The van der Waals surface area contributed by atoms with E-state index in [0.717, 1.165) is 0 Å². The first-order chi connectivity index (χ1) is 9.72. The van der Waals surface area contributed by atoms with Gasteiger partial charge in [0, 0.05) is 6.07 Å². The molecular formula is C13H14N4O3. The molecule has 104 valence electrons. The lowest BCUT2D eigenvalue weighted by atomic mass is 9.97. The lowest BCUT2D eigenvalue weighted by molar-refractivity contribution is -0.121. The third-order valence-corrected chi connectivity index (χ3v) is 2.74. The van der Waals surface area contributed by atoms with Crippen molar-refractivity contribution in [3.8, 4) is 0 Å². The molecule has 0 aliphatic rings. The molecule has 1 amide bonds. The Morgan fingerprint density at radius 2 is 2.15 bits per heavy atom. The minimum Gasteiger partial charge on any atom is -0.409 e. The topological polar surface area (TPSA) is 114 Å². The SMILES string of the molecule is N/C(=N/O)C(C(=O)NCc1ccon1)c1ccccc1. The average molecular weight is 274 g/mol. The molecule has 1 heterocycles. The highest BCUT2D eigenvalue weighted by Crippen LogP contribution is 2.16. The van der Waals surface area contributed by atoms with Gasteiger partial charge in [-0.2, -0.15) is 0 Å². The third-order valence-electron chi connectivity index (χ3n) is 2.74. The van der Waals surface area contributed by atoms with E-state index in [1.165, 1.54) is 6.26 Å². The van der Waals surface area contributed by atoms with E-state index in [0.29, 0.717) is 11.3 Å². The molecule has 0 aliphatic heterocycles. The molecule has 0 radical (unpaired) electrons. The summed E-state index contributed by atoms with van der Waals surface area (Å²) in [4.78, 5) is 12.2. The van der Waals surface area contributed by atoms with Crippen molar-refractivity contribution in [3.05, 3.63) is 53.9 Å². The summed E-state index contributed by atoms with van der Waals surface area (Å²) in [6.45, 7) is 0.206. The van der Waals surface area contributed by atoms with Crippen molar-refractivity contribution in [2.75, 3.05) is 0 Å². The van der Waals surface area contributed by atoms with E-state index in [2.05, 4.69) is 20.2 Å². The zero-order valence-electron chi connectivity index (χ0n) is 10.6. The maximum atomic E-state index is 12.2. The summed E-state index contributed by atoms with van der Waals surface area (Å²) >= 11 is 0. The summed E-state index contributed by atoms with van der Waals surface area (Å²) in [5.41, 5.74) is 6.83. The largest absolute Gasteiger partial charge is 0.409 e. The van der Waals surface area contributed by atoms with Gasteiger partial charge >= 0.3 is 0 Å². The van der Waals surface area contributed by atoms with Gasteiger partial charge in [-0.25, -0.2) is 0 Å². The predicted molar refractivity (Wildman–Crippen MR) is 70.9 cm³/mol. The van der Waals surface area contributed by atoms with Crippen LogP contribution in [-0.4, -0.2) is 22.1 Å². The van der Waals surface area contributed by atoms with E-state index in [1.54, 1.807) is 30.3 Å². The van der Waals surface area contributed by atoms with Crippen LogP contribution in [0.5, 0.6) is 0 Å². The van der Waals surface area contributed by atoms with E-state index in [9.17, 15) is 4.79 Å². The summed E-state index contributed by atoms with van der Waals surface area (Å²) in [6, 6.07) is 10.5. The standard InChI is InChI=1S/C13H14N4O3/c14-12(16-19)11(9-4-2-1-3-5-9)13(18)15-8-10-6-7-20-17-10/h1-7,11,19H,8H2,(H2,14,16)(H,15,18). The molecular weight excluding hydrogens is 260 g/mol. The maximum absolute atomic E-state index is 12.2. The lowest BCUT2D eigenvalue weighted by Crippen LogP contribution is -2.37. The van der Waals surface area contributed by atoms with Crippen LogP contribution in [0, 0.1) is 0 Å². The molecule has 7 heteroatoms. The van der Waals surface area contributed by atoms with Crippen LogP contribution in [0.1, 0.15) is 17.2 Å². The van der Waals surface area contributed by atoms with Gasteiger partial charge in [0.25, 0.3) is 0 Å². The molecule has 7 nitrogen and oxygen atoms in total. The van der Waals surface area contributed by atoms with Gasteiger partial charge in [0.2, 0.25) is 5.91 Å². The Morgan fingerprint density at radius 3 is 2.75 bits per heavy atom. The molecule has 2 rings (SSSR count). The highest BCUT2D eigenvalue weighted by atomic mass is 16.5. The highest BCUT2D eigenvalue weighted by molar-refractivity contribution is 6.07. The van der Waals surface area contributed by atoms with E-state index >= 15 is 0 Å². The first-order valence-corrected chi connectivity index (χ1v) is 5.91. The smallest absolute Gasteiger partial charge is 0.235 e. The fraction of sp³-hybridized carbons (Fsp3) is 0.154. The first-order valence-electron chi connectivity index (χ1n) is 5.91. The molecule has 20 heavy (non-hydrogen) atoms. The number of rotatable bonds is 5. The minimum atomic E-state index is -0.854. The van der Waals surface area contributed by atoms with E-state index in [-0.39, 0.29) is 18.3 Å². The molecule has 0 saturated heterocycles. The van der Waals surface area contributed by atoms with Crippen molar-refractivity contribution in [1.82, 2.24) is 10.5 Å². The second-order valence-electron chi connectivity index (χ2n) is 4.08. The van der Waals surface area contributed by atoms with Crippen LogP contribution in [0.15, 0.2) is 52.3 Å². The fourth-order valence-electron chi connectivity index (χ4n) is 1.77. The molecule has 1 unspecified atom stereocenters. The summed E-state index contributed by atoms with van der Waals surface area (Å²) in [6.07, 6.45) is 1.42. The van der Waals surface area contributed by atoms with E-state index in [4.69, 9.17) is 10.9 Å². The predicted octanol–water partition coefficient (Wildman–Crippen LogP) is 0.821. The number of aromatic nitrogens is 1. The van der Waals surface area contributed by atoms with Crippen molar-refractivity contribution in [2.45, 2.75) is 12.5 Å². The summed E-state index contributed by atoms with van der Waals surface area (Å²) in [5.74, 6) is -1.41. The second-order valence-corrected chi connectivity index (χ2v) is 4.08.